The van der Waals surface area contributed by atoms with Crippen LogP contribution in [-0.2, 0) is 0 Å². The molecule has 0 saturated carbocycles. The highest BCUT2D eigenvalue weighted by atomic mass is 16.3. The lowest BCUT2D eigenvalue weighted by Crippen LogP contribution is -2.00. The number of aromatic nitrogens is 4. The number of hydrogen-bond donors (Lipinski definition) is 0. The average Bonchev–Trinajstić information content (AvgIpc) is 4.30. The van der Waals surface area contributed by atoms with Crippen molar-refractivity contribution in [3.05, 3.63) is 231 Å². The van der Waals surface area contributed by atoms with Crippen molar-refractivity contribution in [2.75, 3.05) is 0 Å². The smallest absolute Gasteiger partial charge is 0.164 e. The van der Waals surface area contributed by atoms with Gasteiger partial charge < -0.3 is 17.8 Å². The molecule has 0 atom stereocenters. The van der Waals surface area contributed by atoms with Crippen LogP contribution in [0, 0.1) is 0 Å². The van der Waals surface area contributed by atoms with Gasteiger partial charge in [-0.3, -0.25) is 0 Å². The second-order valence-electron chi connectivity index (χ2n) is 19.7. The van der Waals surface area contributed by atoms with Crippen LogP contribution in [0.2, 0.25) is 0 Å². The van der Waals surface area contributed by atoms with E-state index in [1.807, 2.05) is 60.7 Å². The lowest BCUT2D eigenvalue weighted by Gasteiger charge is -2.14. The predicted octanol–water partition coefficient (Wildman–Crippen LogP) is 18.9. The summed E-state index contributed by atoms with van der Waals surface area (Å²) in [5.41, 5.74) is 17.8. The molecular formula is C69H42N4O3. The molecule has 5 aromatic heterocycles. The normalized spacial score (nSPS) is 12.9. The van der Waals surface area contributed by atoms with Crippen LogP contribution < -0.4 is 0 Å². The molecule has 0 unspecified atom stereocenters. The van der Waals surface area contributed by atoms with Crippen molar-refractivity contribution in [3.63, 3.8) is 0 Å². The van der Waals surface area contributed by atoms with E-state index in [4.69, 9.17) is 28.2 Å². The van der Waals surface area contributed by atoms with Crippen molar-refractivity contribution in [3.8, 4) is 67.5 Å². The van der Waals surface area contributed by atoms with E-state index < -0.39 is 0 Å². The number of fused-ring (bicyclic) bond motifs is 12. The molecule has 0 radical (unpaired) electrons. The van der Waals surface area contributed by atoms with Crippen molar-refractivity contribution >= 4 is 93.3 Å². The largest absolute Gasteiger partial charge is 0.456 e. The molecule has 5 heterocycles. The van der Waals surface area contributed by atoms with Gasteiger partial charge in [0.15, 0.2) is 17.5 Å². The zero-order valence-corrected chi connectivity index (χ0v) is 40.9. The van der Waals surface area contributed by atoms with E-state index in [1.165, 1.54) is 27.5 Å². The van der Waals surface area contributed by atoms with Gasteiger partial charge in [0.1, 0.15) is 33.5 Å². The third kappa shape index (κ3) is 6.65. The van der Waals surface area contributed by atoms with Crippen LogP contribution in [0.4, 0.5) is 0 Å². The Labute approximate surface area is 434 Å². The number of furan rings is 3. The van der Waals surface area contributed by atoms with Crippen LogP contribution in [0.5, 0.6) is 0 Å². The first kappa shape index (κ1) is 42.4. The van der Waals surface area contributed by atoms with Crippen molar-refractivity contribution in [2.45, 2.75) is 12.8 Å². The third-order valence-corrected chi connectivity index (χ3v) is 15.4. The van der Waals surface area contributed by atoms with Crippen molar-refractivity contribution < 1.29 is 13.3 Å². The van der Waals surface area contributed by atoms with Crippen LogP contribution in [0.3, 0.4) is 0 Å². The van der Waals surface area contributed by atoms with Crippen LogP contribution >= 0.6 is 0 Å². The van der Waals surface area contributed by atoms with Gasteiger partial charge in [0.05, 0.1) is 11.0 Å². The first-order chi connectivity index (χ1) is 37.6. The van der Waals surface area contributed by atoms with E-state index in [0.29, 0.717) is 17.5 Å². The number of rotatable bonds is 7. The molecule has 10 aromatic carbocycles. The molecule has 0 amide bonds. The maximum atomic E-state index is 6.64. The van der Waals surface area contributed by atoms with Crippen molar-refractivity contribution in [1.82, 2.24) is 19.5 Å². The number of para-hydroxylation sites is 3. The molecule has 0 N–H and O–H groups in total. The van der Waals surface area contributed by atoms with Gasteiger partial charge in [-0.25, -0.2) is 15.0 Å². The van der Waals surface area contributed by atoms with E-state index in [9.17, 15) is 0 Å². The molecule has 76 heavy (non-hydrogen) atoms. The van der Waals surface area contributed by atoms with E-state index >= 15 is 0 Å². The highest BCUT2D eigenvalue weighted by Gasteiger charge is 2.22. The standard InChI is InChI=1S/C69H42N4O3/c1-3-14-42(15-4-1)67-70-68(43-30-28-41(29-31-43)49-21-11-22-52-51-19-8-10-25-59(51)76-66(49)52)72-69(71-67)53-23-13-27-63-65(53)56-40-46(34-37-61(56)75-63)48-20-12-26-62-64(48)55-39-45(33-36-60(55)74-62)44-32-35-58-54(38-44)50-18-7-9-24-57(50)73(58)47-16-5-2-6-17-47/h1-5,7-16,18-40H,6,17H2. The molecule has 1 aliphatic carbocycles. The minimum Gasteiger partial charge on any atom is -0.456 e. The van der Waals surface area contributed by atoms with Crippen LogP contribution in [0.25, 0.3) is 161 Å². The summed E-state index contributed by atoms with van der Waals surface area (Å²) in [5.74, 6) is 1.71. The molecule has 0 aliphatic heterocycles. The fourth-order valence-corrected chi connectivity index (χ4v) is 11.8. The fraction of sp³-hybridized carbons (Fsp3) is 0.0290. The predicted molar refractivity (Wildman–Crippen MR) is 310 cm³/mol. The average molecular weight is 975 g/mol. The Morgan fingerprint density at radius 2 is 0.882 bits per heavy atom. The van der Waals surface area contributed by atoms with E-state index in [0.717, 1.165) is 129 Å². The van der Waals surface area contributed by atoms with Crippen LogP contribution in [0.1, 0.15) is 12.8 Å². The maximum Gasteiger partial charge on any atom is 0.164 e. The topological polar surface area (TPSA) is 83.0 Å². The van der Waals surface area contributed by atoms with Gasteiger partial charge in [-0.05, 0) is 107 Å². The Morgan fingerprint density at radius 1 is 0.342 bits per heavy atom. The summed E-state index contributed by atoms with van der Waals surface area (Å²) in [4.78, 5) is 15.6. The molecule has 0 saturated heterocycles. The number of hydrogen-bond acceptors (Lipinski definition) is 6. The minimum absolute atomic E-state index is 0.556. The number of nitrogens with zero attached hydrogens (tertiary/aromatic N) is 4. The molecule has 0 fully saturated rings. The Morgan fingerprint density at radius 3 is 1.66 bits per heavy atom. The molecule has 15 aromatic rings. The summed E-state index contributed by atoms with van der Waals surface area (Å²) in [5, 5.41) is 8.73. The summed E-state index contributed by atoms with van der Waals surface area (Å²) in [6.07, 6.45) is 8.74. The fourth-order valence-electron chi connectivity index (χ4n) is 11.8. The minimum atomic E-state index is 0.556. The number of benzene rings is 10. The van der Waals surface area contributed by atoms with Crippen LogP contribution in [0.15, 0.2) is 244 Å². The zero-order valence-electron chi connectivity index (χ0n) is 40.9. The molecule has 0 bridgehead atoms. The van der Waals surface area contributed by atoms with Gasteiger partial charge in [0, 0.05) is 71.0 Å². The summed E-state index contributed by atoms with van der Waals surface area (Å²) >= 11 is 0. The summed E-state index contributed by atoms with van der Waals surface area (Å²) in [6.45, 7) is 0. The molecule has 356 valence electrons. The Balaban J connectivity index is 0.811. The van der Waals surface area contributed by atoms with Gasteiger partial charge >= 0.3 is 0 Å². The summed E-state index contributed by atoms with van der Waals surface area (Å²) < 4.78 is 22.1. The lowest BCUT2D eigenvalue weighted by atomic mass is 9.95. The Bertz CT molecular complexity index is 4930. The molecule has 7 heteroatoms. The van der Waals surface area contributed by atoms with Crippen molar-refractivity contribution in [1.29, 1.82) is 0 Å². The SMILES string of the molecule is C1=CCCC(n2c3ccccc3c3cc(-c4ccc5oc6cccc(-c7ccc8oc9cccc(-c%10nc(-c%11ccccc%11)nc(-c%11ccc(-c%12cccc%13c%12oc%12ccccc%12%13)cc%11)n%10)c9c8c7)c6c5c4)ccc32)=C1. The Kier molecular flexibility index (Phi) is 9.32. The van der Waals surface area contributed by atoms with Gasteiger partial charge in [-0.1, -0.05) is 164 Å². The van der Waals surface area contributed by atoms with Crippen LogP contribution in [-0.4, -0.2) is 19.5 Å². The zero-order chi connectivity index (χ0) is 49.8. The lowest BCUT2D eigenvalue weighted by molar-refractivity contribution is 0.669. The van der Waals surface area contributed by atoms with Gasteiger partial charge in [-0.15, -0.1) is 0 Å². The van der Waals surface area contributed by atoms with E-state index in [2.05, 4.69) is 174 Å². The molecule has 16 rings (SSSR count). The van der Waals surface area contributed by atoms with Crippen molar-refractivity contribution in [2.24, 2.45) is 0 Å². The molecular weight excluding hydrogens is 933 g/mol. The molecule has 7 nitrogen and oxygen atoms in total. The maximum absolute atomic E-state index is 6.64. The van der Waals surface area contributed by atoms with Gasteiger partial charge in [0.25, 0.3) is 0 Å². The highest BCUT2D eigenvalue weighted by Crippen LogP contribution is 2.44. The molecule has 0 spiro atoms. The first-order valence-electron chi connectivity index (χ1n) is 25.8. The monoisotopic (exact) mass is 974 g/mol. The van der Waals surface area contributed by atoms with Gasteiger partial charge in [0.2, 0.25) is 0 Å². The summed E-state index contributed by atoms with van der Waals surface area (Å²) in [6, 6.07) is 74.2. The summed E-state index contributed by atoms with van der Waals surface area (Å²) in [7, 11) is 0. The Hall–Kier alpha value is -10.1. The van der Waals surface area contributed by atoms with E-state index in [1.54, 1.807) is 0 Å². The first-order valence-corrected chi connectivity index (χ1v) is 25.8. The van der Waals surface area contributed by atoms with Gasteiger partial charge in [-0.2, -0.15) is 0 Å². The number of allylic oxidation sites excluding steroid dienone is 4. The third-order valence-electron chi connectivity index (χ3n) is 15.4. The second-order valence-corrected chi connectivity index (χ2v) is 19.7. The quantitative estimate of drug-likeness (QED) is 0.158. The second kappa shape index (κ2) is 16.7. The highest BCUT2D eigenvalue weighted by molar-refractivity contribution is 6.17. The van der Waals surface area contributed by atoms with E-state index in [-0.39, 0.29) is 0 Å². The molecule has 1 aliphatic rings.